The maximum atomic E-state index is 11.7. The van der Waals surface area contributed by atoms with Crippen LogP contribution in [0.4, 0.5) is 5.69 Å². The minimum atomic E-state index is 0.0273. The molecule has 0 saturated heterocycles. The quantitative estimate of drug-likeness (QED) is 0.774. The van der Waals surface area contributed by atoms with Crippen molar-refractivity contribution in [2.24, 2.45) is 11.7 Å². The zero-order valence-electron chi connectivity index (χ0n) is 9.69. The summed E-state index contributed by atoms with van der Waals surface area (Å²) in [7, 11) is 0. The second kappa shape index (κ2) is 6.55. The van der Waals surface area contributed by atoms with Crippen LogP contribution in [0.15, 0.2) is 29.2 Å². The zero-order chi connectivity index (χ0) is 12.0. The van der Waals surface area contributed by atoms with E-state index in [1.54, 1.807) is 11.8 Å². The van der Waals surface area contributed by atoms with Gasteiger partial charge in [-0.1, -0.05) is 19.1 Å². The summed E-state index contributed by atoms with van der Waals surface area (Å²) in [4.78, 5) is 12.8. The summed E-state index contributed by atoms with van der Waals surface area (Å²) in [6.07, 6.45) is 2.46. The van der Waals surface area contributed by atoms with Gasteiger partial charge in [0.25, 0.3) is 0 Å². The molecule has 0 heterocycles. The molecule has 3 nitrogen and oxygen atoms in total. The van der Waals surface area contributed by atoms with Crippen molar-refractivity contribution in [2.45, 2.75) is 18.2 Å². The van der Waals surface area contributed by atoms with Crippen LogP contribution in [-0.2, 0) is 4.79 Å². The van der Waals surface area contributed by atoms with Crippen LogP contribution < -0.4 is 11.1 Å². The fourth-order valence-corrected chi connectivity index (χ4v) is 1.90. The van der Waals surface area contributed by atoms with E-state index >= 15 is 0 Å². The van der Waals surface area contributed by atoms with E-state index in [0.29, 0.717) is 13.0 Å². The molecular weight excluding hydrogens is 220 g/mol. The van der Waals surface area contributed by atoms with Crippen LogP contribution in [0.1, 0.15) is 13.3 Å². The van der Waals surface area contributed by atoms with E-state index in [1.807, 2.05) is 37.4 Å². The predicted molar refractivity (Wildman–Crippen MR) is 69.7 cm³/mol. The highest BCUT2D eigenvalue weighted by molar-refractivity contribution is 7.98. The molecule has 1 amide bonds. The van der Waals surface area contributed by atoms with Crippen molar-refractivity contribution < 1.29 is 4.79 Å². The molecule has 0 radical (unpaired) electrons. The van der Waals surface area contributed by atoms with Crippen molar-refractivity contribution in [1.29, 1.82) is 0 Å². The van der Waals surface area contributed by atoms with Crippen molar-refractivity contribution in [3.8, 4) is 0 Å². The molecule has 1 atom stereocenters. The highest BCUT2D eigenvalue weighted by Crippen LogP contribution is 2.24. The molecule has 1 rings (SSSR count). The third kappa shape index (κ3) is 3.87. The Kier molecular flexibility index (Phi) is 5.35. The summed E-state index contributed by atoms with van der Waals surface area (Å²) < 4.78 is 0. The molecule has 0 aliphatic carbocycles. The van der Waals surface area contributed by atoms with Crippen molar-refractivity contribution in [3.63, 3.8) is 0 Å². The fourth-order valence-electron chi connectivity index (χ4n) is 1.35. The van der Waals surface area contributed by atoms with Crippen LogP contribution in [0.5, 0.6) is 0 Å². The third-order valence-corrected chi connectivity index (χ3v) is 3.11. The number of hydrogen-bond donors (Lipinski definition) is 2. The Labute approximate surface area is 101 Å². The van der Waals surface area contributed by atoms with E-state index in [4.69, 9.17) is 5.73 Å². The highest BCUT2D eigenvalue weighted by atomic mass is 32.2. The summed E-state index contributed by atoms with van der Waals surface area (Å²) in [6.45, 7) is 2.51. The van der Waals surface area contributed by atoms with Gasteiger partial charge in [-0.05, 0) is 30.9 Å². The second-order valence-corrected chi connectivity index (χ2v) is 4.64. The molecule has 0 aliphatic heterocycles. The highest BCUT2D eigenvalue weighted by Gasteiger charge is 2.09. The van der Waals surface area contributed by atoms with E-state index in [9.17, 15) is 4.79 Å². The molecule has 3 N–H and O–H groups in total. The molecule has 1 aromatic rings. The lowest BCUT2D eigenvalue weighted by Gasteiger charge is -2.11. The third-order valence-electron chi connectivity index (χ3n) is 2.32. The number of amides is 1. The van der Waals surface area contributed by atoms with Crippen molar-refractivity contribution in [3.05, 3.63) is 24.3 Å². The Balaban J connectivity index is 2.62. The van der Waals surface area contributed by atoms with Gasteiger partial charge in [0.1, 0.15) is 0 Å². The summed E-state index contributed by atoms with van der Waals surface area (Å²) in [6, 6.07) is 7.79. The number of nitrogens with one attached hydrogen (secondary N) is 1. The number of nitrogens with two attached hydrogens (primary N) is 1. The average Bonchev–Trinajstić information content (AvgIpc) is 2.29. The van der Waals surface area contributed by atoms with E-state index in [1.165, 1.54) is 0 Å². The topological polar surface area (TPSA) is 55.1 Å². The minimum absolute atomic E-state index is 0.0273. The van der Waals surface area contributed by atoms with Crippen LogP contribution in [0.2, 0.25) is 0 Å². The molecule has 88 valence electrons. The predicted octanol–water partition coefficient (Wildman–Crippen LogP) is 2.33. The first-order valence-electron chi connectivity index (χ1n) is 5.30. The molecule has 1 aromatic carbocycles. The number of rotatable bonds is 5. The number of thioether (sulfide) groups is 1. The Morgan fingerprint density at radius 3 is 2.81 bits per heavy atom. The Morgan fingerprint density at radius 1 is 1.50 bits per heavy atom. The second-order valence-electron chi connectivity index (χ2n) is 3.79. The van der Waals surface area contributed by atoms with Gasteiger partial charge in [0.2, 0.25) is 5.91 Å². The standard InChI is InChI=1S/C12H18N2OS/c1-9(8-13)7-12(15)14-10-5-3-4-6-11(10)16-2/h3-6,9H,7-8,13H2,1-2H3,(H,14,15). The largest absolute Gasteiger partial charge is 0.330 e. The number of carbonyl (C=O) groups excluding carboxylic acids is 1. The maximum Gasteiger partial charge on any atom is 0.224 e. The summed E-state index contributed by atoms with van der Waals surface area (Å²) in [5.74, 6) is 0.251. The lowest BCUT2D eigenvalue weighted by molar-refractivity contribution is -0.116. The number of hydrogen-bond acceptors (Lipinski definition) is 3. The Bertz CT molecular complexity index is 355. The van der Waals surface area contributed by atoms with E-state index in [-0.39, 0.29) is 11.8 Å². The first-order chi connectivity index (χ1) is 7.67. The molecule has 0 fully saturated rings. The Hall–Kier alpha value is -1.00. The molecule has 0 saturated carbocycles. The monoisotopic (exact) mass is 238 g/mol. The summed E-state index contributed by atoms with van der Waals surface area (Å²) >= 11 is 1.62. The molecule has 0 spiro atoms. The Morgan fingerprint density at radius 2 is 2.19 bits per heavy atom. The van der Waals surface area contributed by atoms with Gasteiger partial charge in [-0.25, -0.2) is 0 Å². The van der Waals surface area contributed by atoms with Crippen LogP contribution in [0.3, 0.4) is 0 Å². The van der Waals surface area contributed by atoms with Crippen LogP contribution in [0.25, 0.3) is 0 Å². The van der Waals surface area contributed by atoms with E-state index in [2.05, 4.69) is 5.32 Å². The molecular formula is C12H18N2OS. The summed E-state index contributed by atoms with van der Waals surface area (Å²) in [5.41, 5.74) is 6.36. The van der Waals surface area contributed by atoms with Gasteiger partial charge in [0.05, 0.1) is 5.69 Å². The maximum absolute atomic E-state index is 11.7. The number of benzene rings is 1. The van der Waals surface area contributed by atoms with Crippen LogP contribution in [-0.4, -0.2) is 18.7 Å². The number of para-hydroxylation sites is 1. The molecule has 0 aliphatic rings. The van der Waals surface area contributed by atoms with E-state index in [0.717, 1.165) is 10.6 Å². The van der Waals surface area contributed by atoms with Gasteiger partial charge in [-0.15, -0.1) is 11.8 Å². The normalized spacial score (nSPS) is 12.2. The summed E-state index contributed by atoms with van der Waals surface area (Å²) in [5, 5.41) is 2.91. The van der Waals surface area contributed by atoms with Crippen molar-refractivity contribution in [2.75, 3.05) is 18.1 Å². The molecule has 0 aromatic heterocycles. The van der Waals surface area contributed by atoms with Gasteiger partial charge in [0.15, 0.2) is 0 Å². The lowest BCUT2D eigenvalue weighted by Crippen LogP contribution is -2.20. The number of anilines is 1. The van der Waals surface area contributed by atoms with Crippen LogP contribution >= 0.6 is 11.8 Å². The van der Waals surface area contributed by atoms with Crippen molar-refractivity contribution in [1.82, 2.24) is 0 Å². The molecule has 1 unspecified atom stereocenters. The smallest absolute Gasteiger partial charge is 0.224 e. The van der Waals surface area contributed by atoms with Gasteiger partial charge in [0, 0.05) is 11.3 Å². The molecule has 0 bridgehead atoms. The SMILES string of the molecule is CSc1ccccc1NC(=O)CC(C)CN. The molecule has 4 heteroatoms. The fraction of sp³-hybridized carbons (Fsp3) is 0.417. The minimum Gasteiger partial charge on any atom is -0.330 e. The molecule has 16 heavy (non-hydrogen) atoms. The van der Waals surface area contributed by atoms with Gasteiger partial charge in [-0.3, -0.25) is 4.79 Å². The first kappa shape index (κ1) is 13.1. The number of carbonyl (C=O) groups is 1. The first-order valence-corrected chi connectivity index (χ1v) is 6.52. The van der Waals surface area contributed by atoms with Gasteiger partial charge < -0.3 is 11.1 Å². The van der Waals surface area contributed by atoms with Gasteiger partial charge >= 0.3 is 0 Å². The van der Waals surface area contributed by atoms with E-state index < -0.39 is 0 Å². The zero-order valence-corrected chi connectivity index (χ0v) is 10.5. The van der Waals surface area contributed by atoms with Crippen LogP contribution in [0, 0.1) is 5.92 Å². The van der Waals surface area contributed by atoms with Crippen molar-refractivity contribution >= 4 is 23.4 Å². The average molecular weight is 238 g/mol. The van der Waals surface area contributed by atoms with Gasteiger partial charge in [-0.2, -0.15) is 0 Å². The lowest BCUT2D eigenvalue weighted by atomic mass is 10.1.